The van der Waals surface area contributed by atoms with E-state index in [1.54, 1.807) is 42.5 Å². The molecule has 0 radical (unpaired) electrons. The molecule has 0 aliphatic heterocycles. The molecule has 0 saturated carbocycles. The number of nitrogens with one attached hydrogen (secondary N) is 1. The van der Waals surface area contributed by atoms with E-state index in [1.807, 2.05) is 0 Å². The monoisotopic (exact) mass is 315 g/mol. The van der Waals surface area contributed by atoms with Gasteiger partial charge in [0.15, 0.2) is 0 Å². The molecule has 0 spiro atoms. The Morgan fingerprint density at radius 1 is 1.09 bits per heavy atom. The van der Waals surface area contributed by atoms with Crippen LogP contribution in [0.1, 0.15) is 0 Å². The Kier molecular flexibility index (Phi) is 3.52. The summed E-state index contributed by atoms with van der Waals surface area (Å²) in [5.41, 5.74) is 0.964. The van der Waals surface area contributed by atoms with Crippen molar-refractivity contribution >= 4 is 17.3 Å². The Hall–Kier alpha value is -2.86. The van der Waals surface area contributed by atoms with Crippen LogP contribution in [0.4, 0.5) is 5.69 Å². The summed E-state index contributed by atoms with van der Waals surface area (Å²) in [6.07, 6.45) is 0. The lowest BCUT2D eigenvalue weighted by molar-refractivity contribution is -0.384. The summed E-state index contributed by atoms with van der Waals surface area (Å²) in [7, 11) is 0. The molecule has 110 valence electrons. The first-order chi connectivity index (χ1) is 10.6. The van der Waals surface area contributed by atoms with Crippen molar-refractivity contribution in [3.05, 3.63) is 80.1 Å². The first kappa shape index (κ1) is 14.1. The van der Waals surface area contributed by atoms with E-state index in [-0.39, 0.29) is 11.2 Å². The maximum absolute atomic E-state index is 12.1. The molecule has 2 aromatic carbocycles. The number of aromatic nitrogens is 2. The van der Waals surface area contributed by atoms with Crippen LogP contribution >= 0.6 is 11.6 Å². The van der Waals surface area contributed by atoms with E-state index in [2.05, 4.69) is 5.10 Å². The average molecular weight is 316 g/mol. The van der Waals surface area contributed by atoms with Gasteiger partial charge >= 0.3 is 0 Å². The second-order valence-electron chi connectivity index (χ2n) is 4.59. The van der Waals surface area contributed by atoms with E-state index in [0.717, 1.165) is 0 Å². The quantitative estimate of drug-likeness (QED) is 0.594. The van der Waals surface area contributed by atoms with Crippen LogP contribution < -0.4 is 5.56 Å². The number of H-pyrrole nitrogens is 1. The fraction of sp³-hybridized carbons (Fsp3) is 0. The summed E-state index contributed by atoms with van der Waals surface area (Å²) in [4.78, 5) is 22.7. The summed E-state index contributed by atoms with van der Waals surface area (Å²) < 4.78 is 1.31. The lowest BCUT2D eigenvalue weighted by Crippen LogP contribution is -2.13. The molecule has 1 aromatic heterocycles. The number of benzene rings is 2. The minimum Gasteiger partial charge on any atom is -0.290 e. The number of rotatable bonds is 3. The van der Waals surface area contributed by atoms with Gasteiger partial charge in [-0.05, 0) is 30.3 Å². The van der Waals surface area contributed by atoms with Crippen LogP contribution in [0.5, 0.6) is 0 Å². The molecule has 0 saturated heterocycles. The highest BCUT2D eigenvalue weighted by Gasteiger charge is 2.17. The molecule has 0 aliphatic carbocycles. The molecular weight excluding hydrogens is 306 g/mol. The molecule has 0 atom stereocenters. The zero-order valence-electron chi connectivity index (χ0n) is 11.2. The van der Waals surface area contributed by atoms with Crippen LogP contribution in [-0.4, -0.2) is 14.7 Å². The van der Waals surface area contributed by atoms with Gasteiger partial charge in [-0.1, -0.05) is 23.7 Å². The Bertz CT molecular complexity index is 897. The van der Waals surface area contributed by atoms with Crippen molar-refractivity contribution in [3.63, 3.8) is 0 Å². The lowest BCUT2D eigenvalue weighted by Gasteiger charge is -2.03. The Morgan fingerprint density at radius 2 is 1.77 bits per heavy atom. The largest absolute Gasteiger partial charge is 0.290 e. The Labute approximate surface area is 129 Å². The Balaban J connectivity index is 2.12. The molecule has 1 N–H and O–H groups in total. The van der Waals surface area contributed by atoms with Crippen LogP contribution in [0.15, 0.2) is 59.4 Å². The molecule has 3 rings (SSSR count). The highest BCUT2D eigenvalue weighted by Crippen LogP contribution is 2.27. The van der Waals surface area contributed by atoms with E-state index in [9.17, 15) is 14.9 Å². The van der Waals surface area contributed by atoms with E-state index in [0.29, 0.717) is 22.0 Å². The van der Waals surface area contributed by atoms with Gasteiger partial charge in [0.25, 0.3) is 11.2 Å². The number of hydrogen-bond acceptors (Lipinski definition) is 3. The number of nitrogens with zero attached hydrogens (tertiary/aromatic N) is 2. The molecule has 0 fully saturated rings. The zero-order valence-corrected chi connectivity index (χ0v) is 11.9. The summed E-state index contributed by atoms with van der Waals surface area (Å²) >= 11 is 5.82. The standard InChI is InChI=1S/C15H10ClN3O3/c16-10-5-7-11(8-6-10)18-15(20)9-13(17-18)12-3-1-2-4-14(12)19(21)22/h1-9,17H. The minimum absolute atomic E-state index is 0.0630. The van der Waals surface area contributed by atoms with Gasteiger partial charge in [0, 0.05) is 17.2 Å². The summed E-state index contributed by atoms with van der Waals surface area (Å²) in [5.74, 6) is 0. The normalized spacial score (nSPS) is 10.6. The molecule has 0 unspecified atom stereocenters. The van der Waals surface area contributed by atoms with Crippen molar-refractivity contribution in [2.45, 2.75) is 0 Å². The second-order valence-corrected chi connectivity index (χ2v) is 5.03. The van der Waals surface area contributed by atoms with Crippen LogP contribution in [0.25, 0.3) is 16.9 Å². The van der Waals surface area contributed by atoms with Gasteiger partial charge in [-0.2, -0.15) is 0 Å². The molecule has 22 heavy (non-hydrogen) atoms. The van der Waals surface area contributed by atoms with Gasteiger partial charge in [-0.25, -0.2) is 4.68 Å². The number of halogens is 1. The predicted octanol–water partition coefficient (Wildman–Crippen LogP) is 3.39. The number of para-hydroxylation sites is 1. The van der Waals surface area contributed by atoms with E-state index in [4.69, 9.17) is 11.6 Å². The highest BCUT2D eigenvalue weighted by atomic mass is 35.5. The number of aromatic amines is 1. The molecule has 6 nitrogen and oxygen atoms in total. The van der Waals surface area contributed by atoms with Crippen molar-refractivity contribution in [1.82, 2.24) is 9.78 Å². The summed E-state index contributed by atoms with van der Waals surface area (Å²) in [6.45, 7) is 0. The van der Waals surface area contributed by atoms with Gasteiger partial charge < -0.3 is 0 Å². The van der Waals surface area contributed by atoms with Crippen LogP contribution in [0.3, 0.4) is 0 Å². The van der Waals surface area contributed by atoms with Crippen molar-refractivity contribution in [3.8, 4) is 16.9 Å². The van der Waals surface area contributed by atoms with Crippen LogP contribution in [0, 0.1) is 10.1 Å². The van der Waals surface area contributed by atoms with Gasteiger partial charge in [0.1, 0.15) is 0 Å². The van der Waals surface area contributed by atoms with E-state index in [1.165, 1.54) is 16.8 Å². The fourth-order valence-electron chi connectivity index (χ4n) is 2.18. The summed E-state index contributed by atoms with van der Waals surface area (Å²) in [5, 5.41) is 14.5. The molecular formula is C15H10ClN3O3. The first-order valence-electron chi connectivity index (χ1n) is 6.38. The number of nitro benzene ring substituents is 1. The summed E-state index contributed by atoms with van der Waals surface area (Å²) in [6, 6.07) is 14.3. The Morgan fingerprint density at radius 3 is 2.45 bits per heavy atom. The van der Waals surface area contributed by atoms with Crippen molar-refractivity contribution in [1.29, 1.82) is 0 Å². The smallest absolute Gasteiger partial charge is 0.278 e. The highest BCUT2D eigenvalue weighted by molar-refractivity contribution is 6.30. The average Bonchev–Trinajstić information content (AvgIpc) is 2.90. The van der Waals surface area contributed by atoms with Crippen molar-refractivity contribution < 1.29 is 4.92 Å². The molecule has 0 bridgehead atoms. The SMILES string of the molecule is O=c1cc(-c2ccccc2[N+](=O)[O-])[nH]n1-c1ccc(Cl)cc1. The van der Waals surface area contributed by atoms with Gasteiger partial charge in [0.2, 0.25) is 0 Å². The first-order valence-corrected chi connectivity index (χ1v) is 6.76. The maximum Gasteiger partial charge on any atom is 0.278 e. The third kappa shape index (κ3) is 2.51. The number of hydrogen-bond donors (Lipinski definition) is 1. The van der Waals surface area contributed by atoms with E-state index >= 15 is 0 Å². The van der Waals surface area contributed by atoms with Crippen LogP contribution in [-0.2, 0) is 0 Å². The maximum atomic E-state index is 12.1. The van der Waals surface area contributed by atoms with Crippen LogP contribution in [0.2, 0.25) is 5.02 Å². The fourth-order valence-corrected chi connectivity index (χ4v) is 2.30. The molecule has 0 amide bonds. The second kappa shape index (κ2) is 5.50. The lowest BCUT2D eigenvalue weighted by atomic mass is 10.1. The predicted molar refractivity (Wildman–Crippen MR) is 83.5 cm³/mol. The molecule has 3 aromatic rings. The molecule has 1 heterocycles. The molecule has 0 aliphatic rings. The van der Waals surface area contributed by atoms with E-state index < -0.39 is 4.92 Å². The zero-order chi connectivity index (χ0) is 15.7. The van der Waals surface area contributed by atoms with Gasteiger partial charge in [-0.3, -0.25) is 20.0 Å². The molecule has 7 heteroatoms. The van der Waals surface area contributed by atoms with Crippen molar-refractivity contribution in [2.75, 3.05) is 0 Å². The van der Waals surface area contributed by atoms with Crippen molar-refractivity contribution in [2.24, 2.45) is 0 Å². The topological polar surface area (TPSA) is 80.9 Å². The number of nitro groups is 1. The third-order valence-corrected chi connectivity index (χ3v) is 3.45. The third-order valence-electron chi connectivity index (χ3n) is 3.20. The minimum atomic E-state index is -0.479. The van der Waals surface area contributed by atoms with Gasteiger partial charge in [-0.15, -0.1) is 0 Å². The van der Waals surface area contributed by atoms with Gasteiger partial charge in [0.05, 0.1) is 21.9 Å².